The van der Waals surface area contributed by atoms with Crippen molar-refractivity contribution in [3.05, 3.63) is 58.6 Å². The normalized spacial score (nSPS) is 13.2. The van der Waals surface area contributed by atoms with Crippen molar-refractivity contribution >= 4 is 33.4 Å². The Morgan fingerprint density at radius 2 is 1.92 bits per heavy atom. The number of ether oxygens (including phenoxy) is 1. The summed E-state index contributed by atoms with van der Waals surface area (Å²) < 4.78 is 6.49. The highest BCUT2D eigenvalue weighted by Crippen LogP contribution is 2.22. The van der Waals surface area contributed by atoms with Gasteiger partial charge in [-0.3, -0.25) is 9.59 Å². The molecule has 2 N–H and O–H groups in total. The maximum absolute atomic E-state index is 12.2. The molecule has 0 aliphatic heterocycles. The van der Waals surface area contributed by atoms with Crippen LogP contribution in [-0.2, 0) is 4.79 Å². The van der Waals surface area contributed by atoms with Crippen molar-refractivity contribution in [3.8, 4) is 5.75 Å². The molecular weight excluding hydrogens is 384 g/mol. The number of anilines is 1. The van der Waals surface area contributed by atoms with E-state index in [-0.39, 0.29) is 30.9 Å². The number of hydrogen-bond acceptors (Lipinski definition) is 3. The smallest absolute Gasteiger partial charge is 0.253 e. The molecule has 0 spiro atoms. The van der Waals surface area contributed by atoms with Crippen LogP contribution in [0.1, 0.15) is 29.6 Å². The summed E-state index contributed by atoms with van der Waals surface area (Å²) in [5.41, 5.74) is 1.00. The molecule has 0 aromatic heterocycles. The molecule has 0 saturated heterocycles. The number of para-hydroxylation sites is 1. The Hall–Kier alpha value is -2.34. The summed E-state index contributed by atoms with van der Waals surface area (Å²) in [5, 5.41) is 5.73. The van der Waals surface area contributed by atoms with Crippen LogP contribution in [0, 0.1) is 0 Å². The van der Waals surface area contributed by atoms with Crippen molar-refractivity contribution in [1.82, 2.24) is 5.32 Å². The van der Waals surface area contributed by atoms with Crippen LogP contribution in [0.3, 0.4) is 0 Å². The Morgan fingerprint density at radius 1 is 1.12 bits per heavy atom. The van der Waals surface area contributed by atoms with Gasteiger partial charge < -0.3 is 15.4 Å². The van der Waals surface area contributed by atoms with E-state index in [1.165, 1.54) is 0 Å². The zero-order valence-corrected chi connectivity index (χ0v) is 15.2. The summed E-state index contributed by atoms with van der Waals surface area (Å²) in [5.74, 6) is 0.358. The number of hydrogen-bond donors (Lipinski definition) is 2. The second-order valence-electron chi connectivity index (χ2n) is 5.90. The van der Waals surface area contributed by atoms with Crippen LogP contribution >= 0.6 is 15.9 Å². The summed E-state index contributed by atoms with van der Waals surface area (Å²) >= 11 is 3.37. The third-order valence-electron chi connectivity index (χ3n) is 3.75. The maximum Gasteiger partial charge on any atom is 0.253 e. The van der Waals surface area contributed by atoms with E-state index in [1.807, 2.05) is 24.3 Å². The fraction of sp³-hybridized carbons (Fsp3) is 0.263. The SMILES string of the molecule is O=C(CCOc1cccc(Br)c1)Nc1ccccc1C(=O)NC1CC1. The summed E-state index contributed by atoms with van der Waals surface area (Å²) in [4.78, 5) is 24.4. The minimum Gasteiger partial charge on any atom is -0.493 e. The molecule has 1 fully saturated rings. The second-order valence-corrected chi connectivity index (χ2v) is 6.81. The quantitative estimate of drug-likeness (QED) is 0.740. The van der Waals surface area contributed by atoms with Crippen LogP contribution in [-0.4, -0.2) is 24.5 Å². The van der Waals surface area contributed by atoms with E-state index in [0.29, 0.717) is 17.0 Å². The molecule has 1 aliphatic rings. The molecule has 130 valence electrons. The minimum atomic E-state index is -0.193. The van der Waals surface area contributed by atoms with Crippen LogP contribution < -0.4 is 15.4 Å². The molecule has 5 nitrogen and oxygen atoms in total. The van der Waals surface area contributed by atoms with Gasteiger partial charge in [-0.15, -0.1) is 0 Å². The monoisotopic (exact) mass is 402 g/mol. The van der Waals surface area contributed by atoms with E-state index >= 15 is 0 Å². The lowest BCUT2D eigenvalue weighted by molar-refractivity contribution is -0.116. The largest absolute Gasteiger partial charge is 0.493 e. The molecule has 0 atom stereocenters. The molecule has 1 aliphatic carbocycles. The molecule has 0 unspecified atom stereocenters. The van der Waals surface area contributed by atoms with Crippen LogP contribution in [0.5, 0.6) is 5.75 Å². The molecule has 25 heavy (non-hydrogen) atoms. The molecule has 0 heterocycles. The predicted octanol–water partition coefficient (Wildman–Crippen LogP) is 3.75. The number of amides is 2. The molecule has 2 amide bonds. The van der Waals surface area contributed by atoms with E-state index in [4.69, 9.17) is 4.74 Å². The predicted molar refractivity (Wildman–Crippen MR) is 99.8 cm³/mol. The average Bonchev–Trinajstić information content (AvgIpc) is 3.39. The number of rotatable bonds is 7. The molecule has 3 rings (SSSR count). The van der Waals surface area contributed by atoms with Crippen molar-refractivity contribution < 1.29 is 14.3 Å². The fourth-order valence-electron chi connectivity index (χ4n) is 2.31. The van der Waals surface area contributed by atoms with E-state index in [1.54, 1.807) is 24.3 Å². The summed E-state index contributed by atoms with van der Waals surface area (Å²) in [7, 11) is 0. The molecule has 0 bridgehead atoms. The van der Waals surface area contributed by atoms with Crippen molar-refractivity contribution in [2.75, 3.05) is 11.9 Å². The first-order valence-electron chi connectivity index (χ1n) is 8.20. The van der Waals surface area contributed by atoms with Gasteiger partial charge in [0.2, 0.25) is 5.91 Å². The highest BCUT2D eigenvalue weighted by atomic mass is 79.9. The van der Waals surface area contributed by atoms with Gasteiger partial charge in [0.05, 0.1) is 24.3 Å². The topological polar surface area (TPSA) is 67.4 Å². The molecule has 6 heteroatoms. The van der Waals surface area contributed by atoms with E-state index in [2.05, 4.69) is 26.6 Å². The lowest BCUT2D eigenvalue weighted by Crippen LogP contribution is -2.27. The van der Waals surface area contributed by atoms with E-state index in [9.17, 15) is 9.59 Å². The first-order valence-corrected chi connectivity index (χ1v) is 8.99. The zero-order valence-electron chi connectivity index (χ0n) is 13.6. The number of carbonyl (C=O) groups is 2. The van der Waals surface area contributed by atoms with Crippen LogP contribution in [0.2, 0.25) is 0 Å². The average molecular weight is 403 g/mol. The van der Waals surface area contributed by atoms with Gasteiger partial charge in [0.25, 0.3) is 5.91 Å². The molecular formula is C19H19BrN2O3. The molecule has 1 saturated carbocycles. The van der Waals surface area contributed by atoms with Gasteiger partial charge in [0, 0.05) is 10.5 Å². The van der Waals surface area contributed by atoms with Gasteiger partial charge in [-0.2, -0.15) is 0 Å². The molecule has 2 aromatic carbocycles. The Morgan fingerprint density at radius 3 is 2.68 bits per heavy atom. The van der Waals surface area contributed by atoms with Crippen molar-refractivity contribution in [1.29, 1.82) is 0 Å². The highest BCUT2D eigenvalue weighted by molar-refractivity contribution is 9.10. The number of benzene rings is 2. The zero-order chi connectivity index (χ0) is 17.6. The fourth-order valence-corrected chi connectivity index (χ4v) is 2.69. The minimum absolute atomic E-state index is 0.149. The van der Waals surface area contributed by atoms with Crippen LogP contribution in [0.15, 0.2) is 53.0 Å². The third kappa shape index (κ3) is 5.32. The number of halogens is 1. The highest BCUT2D eigenvalue weighted by Gasteiger charge is 2.24. The summed E-state index contributed by atoms with van der Waals surface area (Å²) in [6, 6.07) is 14.7. The Bertz CT molecular complexity index is 775. The van der Waals surface area contributed by atoms with Crippen LogP contribution in [0.4, 0.5) is 5.69 Å². The Balaban J connectivity index is 1.53. The molecule has 0 radical (unpaired) electrons. The summed E-state index contributed by atoms with van der Waals surface area (Å²) in [6.45, 7) is 0.263. The standard InChI is InChI=1S/C19H19BrN2O3/c20-13-4-3-5-15(12-13)25-11-10-18(23)22-17-7-2-1-6-16(17)19(24)21-14-8-9-14/h1-7,12,14H,8-11H2,(H,21,24)(H,22,23). The maximum atomic E-state index is 12.2. The van der Waals surface area contributed by atoms with Crippen molar-refractivity contribution in [2.24, 2.45) is 0 Å². The Kier molecular flexibility index (Phi) is 5.71. The lowest BCUT2D eigenvalue weighted by Gasteiger charge is -2.11. The number of carbonyl (C=O) groups excluding carboxylic acids is 2. The first kappa shape index (κ1) is 17.5. The van der Waals surface area contributed by atoms with Gasteiger partial charge >= 0.3 is 0 Å². The van der Waals surface area contributed by atoms with Gasteiger partial charge in [0.15, 0.2) is 0 Å². The van der Waals surface area contributed by atoms with E-state index < -0.39 is 0 Å². The lowest BCUT2D eigenvalue weighted by atomic mass is 10.1. The van der Waals surface area contributed by atoms with E-state index in [0.717, 1.165) is 17.3 Å². The van der Waals surface area contributed by atoms with Crippen LogP contribution in [0.25, 0.3) is 0 Å². The van der Waals surface area contributed by atoms with Crippen molar-refractivity contribution in [2.45, 2.75) is 25.3 Å². The van der Waals surface area contributed by atoms with Gasteiger partial charge in [0.1, 0.15) is 5.75 Å². The van der Waals surface area contributed by atoms with Gasteiger partial charge in [-0.05, 0) is 43.2 Å². The first-order chi connectivity index (χ1) is 12.1. The van der Waals surface area contributed by atoms with Crippen molar-refractivity contribution in [3.63, 3.8) is 0 Å². The molecule has 2 aromatic rings. The third-order valence-corrected chi connectivity index (χ3v) is 4.25. The Labute approximate surface area is 154 Å². The second kappa shape index (κ2) is 8.16. The van der Waals surface area contributed by atoms with Gasteiger partial charge in [-0.1, -0.05) is 34.1 Å². The number of nitrogens with one attached hydrogen (secondary N) is 2. The van der Waals surface area contributed by atoms with Gasteiger partial charge in [-0.25, -0.2) is 0 Å². The summed E-state index contributed by atoms with van der Waals surface area (Å²) in [6.07, 6.45) is 2.24.